The first-order valence-corrected chi connectivity index (χ1v) is 9.20. The monoisotopic (exact) mass is 377 g/mol. The van der Waals surface area contributed by atoms with Crippen LogP contribution in [-0.2, 0) is 11.3 Å². The standard InChI is InChI=1S/C19H24BrNO2/c1-13-18(22)21(12-15-7-9-16(23-3)10-8-15)14(2)19(13)11-5-4-6-17(19)20/h7-10,13,17H,2,4-6,11-12H2,1,3H3/t13-,17+,19?/m1/s1. The van der Waals surface area contributed by atoms with Crippen molar-refractivity contribution in [1.29, 1.82) is 0 Å². The van der Waals surface area contributed by atoms with Crippen LogP contribution in [0.25, 0.3) is 0 Å². The normalized spacial score (nSPS) is 31.0. The highest BCUT2D eigenvalue weighted by atomic mass is 79.9. The number of carbonyl (C=O) groups excluding carboxylic acids is 1. The van der Waals surface area contributed by atoms with Gasteiger partial charge in [-0.15, -0.1) is 0 Å². The van der Waals surface area contributed by atoms with Gasteiger partial charge in [-0.05, 0) is 30.5 Å². The average molecular weight is 378 g/mol. The topological polar surface area (TPSA) is 29.5 Å². The lowest BCUT2D eigenvalue weighted by molar-refractivity contribution is -0.131. The van der Waals surface area contributed by atoms with Crippen molar-refractivity contribution in [2.75, 3.05) is 7.11 Å². The summed E-state index contributed by atoms with van der Waals surface area (Å²) in [6.45, 7) is 7.01. The third-order valence-corrected chi connectivity index (χ3v) is 6.90. The summed E-state index contributed by atoms with van der Waals surface area (Å²) in [5.41, 5.74) is 1.99. The van der Waals surface area contributed by atoms with E-state index < -0.39 is 0 Å². The zero-order valence-electron chi connectivity index (χ0n) is 13.8. The molecule has 0 radical (unpaired) electrons. The number of allylic oxidation sites excluding steroid dienone is 1. The molecular weight excluding hydrogens is 354 g/mol. The molecule has 1 heterocycles. The van der Waals surface area contributed by atoms with Gasteiger partial charge in [-0.25, -0.2) is 0 Å². The van der Waals surface area contributed by atoms with E-state index in [9.17, 15) is 4.79 Å². The molecule has 2 fully saturated rings. The summed E-state index contributed by atoms with van der Waals surface area (Å²) in [4.78, 5) is 15.1. The van der Waals surface area contributed by atoms with Crippen LogP contribution in [-0.4, -0.2) is 22.7 Å². The summed E-state index contributed by atoms with van der Waals surface area (Å²) in [5.74, 6) is 1.04. The zero-order valence-corrected chi connectivity index (χ0v) is 15.4. The molecule has 1 aliphatic heterocycles. The minimum atomic E-state index is -0.109. The highest BCUT2D eigenvalue weighted by molar-refractivity contribution is 9.09. The maximum atomic E-state index is 12.9. The van der Waals surface area contributed by atoms with Crippen LogP contribution in [0.2, 0.25) is 0 Å². The van der Waals surface area contributed by atoms with E-state index in [2.05, 4.69) is 29.4 Å². The molecule has 1 aromatic carbocycles. The van der Waals surface area contributed by atoms with Gasteiger partial charge in [-0.1, -0.05) is 54.4 Å². The van der Waals surface area contributed by atoms with Crippen LogP contribution in [0.4, 0.5) is 0 Å². The van der Waals surface area contributed by atoms with Crippen LogP contribution in [0.15, 0.2) is 36.5 Å². The second kappa shape index (κ2) is 6.31. The van der Waals surface area contributed by atoms with Gasteiger partial charge in [0.1, 0.15) is 5.75 Å². The molecule has 1 unspecified atom stereocenters. The van der Waals surface area contributed by atoms with Gasteiger partial charge in [0, 0.05) is 21.9 Å². The van der Waals surface area contributed by atoms with Gasteiger partial charge >= 0.3 is 0 Å². The van der Waals surface area contributed by atoms with Gasteiger partial charge in [0.15, 0.2) is 0 Å². The van der Waals surface area contributed by atoms with Crippen molar-refractivity contribution in [1.82, 2.24) is 4.90 Å². The number of rotatable bonds is 3. The van der Waals surface area contributed by atoms with E-state index in [4.69, 9.17) is 4.74 Å². The van der Waals surface area contributed by atoms with Gasteiger partial charge < -0.3 is 9.64 Å². The van der Waals surface area contributed by atoms with Crippen LogP contribution >= 0.6 is 15.9 Å². The predicted molar refractivity (Wildman–Crippen MR) is 95.5 cm³/mol. The number of nitrogens with zero attached hydrogens (tertiary/aromatic N) is 1. The maximum absolute atomic E-state index is 12.9. The number of alkyl halides is 1. The number of amides is 1. The van der Waals surface area contributed by atoms with E-state index in [0.29, 0.717) is 11.4 Å². The molecular formula is C19H24BrNO2. The zero-order chi connectivity index (χ0) is 16.6. The fourth-order valence-electron chi connectivity index (χ4n) is 4.14. The minimum absolute atomic E-state index is 0.00192. The first-order chi connectivity index (χ1) is 11.0. The molecule has 124 valence electrons. The Morgan fingerprint density at radius 1 is 1.35 bits per heavy atom. The van der Waals surface area contributed by atoms with Gasteiger partial charge in [0.05, 0.1) is 13.7 Å². The van der Waals surface area contributed by atoms with E-state index in [0.717, 1.165) is 29.9 Å². The number of hydrogen-bond acceptors (Lipinski definition) is 2. The third-order valence-electron chi connectivity index (χ3n) is 5.63. The lowest BCUT2D eigenvalue weighted by Gasteiger charge is -2.41. The molecule has 1 spiro atoms. The molecule has 3 nitrogen and oxygen atoms in total. The number of likely N-dealkylation sites (tertiary alicyclic amines) is 1. The van der Waals surface area contributed by atoms with E-state index >= 15 is 0 Å². The molecule has 1 aliphatic carbocycles. The van der Waals surface area contributed by atoms with Gasteiger partial charge in [-0.3, -0.25) is 4.79 Å². The lowest BCUT2D eigenvalue weighted by atomic mass is 9.66. The van der Waals surface area contributed by atoms with Crippen LogP contribution in [0.1, 0.15) is 38.2 Å². The summed E-state index contributed by atoms with van der Waals surface area (Å²) in [6.07, 6.45) is 4.57. The summed E-state index contributed by atoms with van der Waals surface area (Å²) >= 11 is 3.86. The molecule has 0 N–H and O–H groups in total. The molecule has 23 heavy (non-hydrogen) atoms. The number of ether oxygens (including phenoxy) is 1. The molecule has 2 aliphatic rings. The SMILES string of the molecule is C=C1N(Cc2ccc(OC)cc2)C(=O)[C@@H](C)C12CCCC[C@@H]2Br. The van der Waals surface area contributed by atoms with Crippen LogP contribution in [0.5, 0.6) is 5.75 Å². The Kier molecular flexibility index (Phi) is 4.54. The number of carbonyl (C=O) groups is 1. The Labute approximate surface area is 146 Å². The predicted octanol–water partition coefficient (Wildman–Crippen LogP) is 4.51. The van der Waals surface area contributed by atoms with Crippen LogP contribution in [0.3, 0.4) is 0 Å². The van der Waals surface area contributed by atoms with Gasteiger partial charge in [-0.2, -0.15) is 0 Å². The fraction of sp³-hybridized carbons (Fsp3) is 0.526. The lowest BCUT2D eigenvalue weighted by Crippen LogP contribution is -2.39. The number of methoxy groups -OCH3 is 1. The first kappa shape index (κ1) is 16.6. The quantitative estimate of drug-likeness (QED) is 0.725. The van der Waals surface area contributed by atoms with E-state index in [1.165, 1.54) is 12.8 Å². The number of benzene rings is 1. The highest BCUT2D eigenvalue weighted by Gasteiger charge is 2.56. The van der Waals surface area contributed by atoms with Crippen molar-refractivity contribution in [2.24, 2.45) is 11.3 Å². The smallest absolute Gasteiger partial charge is 0.230 e. The molecule has 1 amide bonds. The van der Waals surface area contributed by atoms with Crippen LogP contribution < -0.4 is 4.74 Å². The maximum Gasteiger partial charge on any atom is 0.230 e. The Morgan fingerprint density at radius 2 is 2.04 bits per heavy atom. The van der Waals surface area contributed by atoms with Crippen molar-refractivity contribution < 1.29 is 9.53 Å². The molecule has 4 heteroatoms. The Bertz CT molecular complexity index is 612. The molecule has 3 atom stereocenters. The van der Waals surface area contributed by atoms with Crippen molar-refractivity contribution in [3.8, 4) is 5.75 Å². The van der Waals surface area contributed by atoms with Gasteiger partial charge in [0.2, 0.25) is 5.91 Å². The molecule has 0 aromatic heterocycles. The summed E-state index contributed by atoms with van der Waals surface area (Å²) < 4.78 is 5.20. The van der Waals surface area contributed by atoms with Crippen molar-refractivity contribution in [3.63, 3.8) is 0 Å². The Hall–Kier alpha value is -1.29. The summed E-state index contributed by atoms with van der Waals surface area (Å²) in [6, 6.07) is 7.90. The van der Waals surface area contributed by atoms with E-state index in [1.807, 2.05) is 29.2 Å². The van der Waals surface area contributed by atoms with Crippen LogP contribution in [0, 0.1) is 11.3 Å². The Balaban J connectivity index is 1.85. The third kappa shape index (κ3) is 2.61. The molecule has 1 aromatic rings. The molecule has 1 saturated heterocycles. The first-order valence-electron chi connectivity index (χ1n) is 8.28. The average Bonchev–Trinajstić information content (AvgIpc) is 2.74. The van der Waals surface area contributed by atoms with E-state index in [-0.39, 0.29) is 17.2 Å². The highest BCUT2D eigenvalue weighted by Crippen LogP contribution is 2.56. The molecule has 3 rings (SSSR count). The summed E-state index contributed by atoms with van der Waals surface area (Å²) in [5, 5.41) is 0. The molecule has 0 bridgehead atoms. The molecule has 1 saturated carbocycles. The second-order valence-corrected chi connectivity index (χ2v) is 7.80. The summed E-state index contributed by atoms with van der Waals surface area (Å²) in [7, 11) is 1.66. The number of hydrogen-bond donors (Lipinski definition) is 0. The Morgan fingerprint density at radius 3 is 2.65 bits per heavy atom. The van der Waals surface area contributed by atoms with E-state index in [1.54, 1.807) is 7.11 Å². The van der Waals surface area contributed by atoms with Gasteiger partial charge in [0.25, 0.3) is 0 Å². The number of halogens is 1. The van der Waals surface area contributed by atoms with Crippen molar-refractivity contribution >= 4 is 21.8 Å². The fourth-order valence-corrected chi connectivity index (χ4v) is 5.36. The minimum Gasteiger partial charge on any atom is -0.497 e. The van der Waals surface area contributed by atoms with Crippen molar-refractivity contribution in [2.45, 2.75) is 44.0 Å². The largest absolute Gasteiger partial charge is 0.497 e. The second-order valence-electron chi connectivity index (χ2n) is 6.69. The van der Waals surface area contributed by atoms with Crippen molar-refractivity contribution in [3.05, 3.63) is 42.1 Å².